The molecule has 0 unspecified atom stereocenters. The first kappa shape index (κ1) is 17.5. The number of sulfonamides is 1. The highest BCUT2D eigenvalue weighted by Crippen LogP contribution is 2.29. The molecule has 1 aliphatic rings. The first-order chi connectivity index (χ1) is 8.86. The fourth-order valence-electron chi connectivity index (χ4n) is 1.94. The summed E-state index contributed by atoms with van der Waals surface area (Å²) in [7, 11) is -2.11. The third kappa shape index (κ3) is 3.77. The zero-order valence-electron chi connectivity index (χ0n) is 11.1. The summed E-state index contributed by atoms with van der Waals surface area (Å²) in [5.41, 5.74) is 5.59. The van der Waals surface area contributed by atoms with E-state index >= 15 is 0 Å². The van der Waals surface area contributed by atoms with Gasteiger partial charge in [0.15, 0.2) is 0 Å². The summed E-state index contributed by atoms with van der Waals surface area (Å²) >= 11 is 5.92. The summed E-state index contributed by atoms with van der Waals surface area (Å²) in [4.78, 5) is 0.112. The van der Waals surface area contributed by atoms with Crippen LogP contribution in [0, 0.1) is 0 Å². The van der Waals surface area contributed by atoms with E-state index in [1.165, 1.54) is 25.3 Å². The molecule has 5 nitrogen and oxygen atoms in total. The number of nitrogens with one attached hydrogen (secondary N) is 1. The molecular weight excluding hydrogens is 323 g/mol. The fraction of sp³-hybridized carbons (Fsp3) is 0.500. The van der Waals surface area contributed by atoms with Gasteiger partial charge in [0.2, 0.25) is 10.0 Å². The molecule has 0 aromatic heterocycles. The third-order valence-corrected chi connectivity index (χ3v) is 5.09. The predicted molar refractivity (Wildman–Crippen MR) is 81.2 cm³/mol. The molecule has 1 saturated carbocycles. The predicted octanol–water partition coefficient (Wildman–Crippen LogP) is 1.93. The topological polar surface area (TPSA) is 81.4 Å². The molecule has 114 valence electrons. The molecule has 2 rings (SSSR count). The molecule has 1 fully saturated rings. The van der Waals surface area contributed by atoms with Gasteiger partial charge < -0.3 is 10.5 Å². The van der Waals surface area contributed by atoms with Gasteiger partial charge in [-0.25, -0.2) is 13.1 Å². The SMILES string of the molecule is COc1ccc(S(=O)(=O)NCC2(N)CCC2)cc1Cl.Cl. The van der Waals surface area contributed by atoms with Gasteiger partial charge in [-0.15, -0.1) is 12.4 Å². The second-order valence-corrected chi connectivity index (χ2v) is 7.01. The Morgan fingerprint density at radius 2 is 2.10 bits per heavy atom. The summed E-state index contributed by atoms with van der Waals surface area (Å²) in [5, 5.41) is 0.261. The van der Waals surface area contributed by atoms with Crippen molar-refractivity contribution < 1.29 is 13.2 Å². The molecule has 1 aromatic rings. The summed E-state index contributed by atoms with van der Waals surface area (Å²) < 4.78 is 31.7. The first-order valence-electron chi connectivity index (χ1n) is 5.98. The summed E-state index contributed by atoms with van der Waals surface area (Å²) in [5.74, 6) is 0.440. The Kier molecular flexibility index (Phi) is 5.69. The summed E-state index contributed by atoms with van der Waals surface area (Å²) in [6.45, 7) is 0.249. The van der Waals surface area contributed by atoms with Crippen molar-refractivity contribution in [3.8, 4) is 5.75 Å². The van der Waals surface area contributed by atoms with Crippen LogP contribution in [0.1, 0.15) is 19.3 Å². The van der Waals surface area contributed by atoms with Crippen molar-refractivity contribution in [1.82, 2.24) is 4.72 Å². The lowest BCUT2D eigenvalue weighted by atomic mass is 9.78. The van der Waals surface area contributed by atoms with Crippen LogP contribution in [-0.4, -0.2) is 27.6 Å². The molecule has 0 heterocycles. The van der Waals surface area contributed by atoms with Crippen LogP contribution in [0.3, 0.4) is 0 Å². The summed E-state index contributed by atoms with van der Waals surface area (Å²) in [6.07, 6.45) is 2.74. The quantitative estimate of drug-likeness (QED) is 0.857. The van der Waals surface area contributed by atoms with Crippen LogP contribution in [0.4, 0.5) is 0 Å². The van der Waals surface area contributed by atoms with Crippen molar-refractivity contribution >= 4 is 34.0 Å². The molecule has 3 N–H and O–H groups in total. The van der Waals surface area contributed by atoms with Crippen LogP contribution < -0.4 is 15.2 Å². The number of hydrogen-bond acceptors (Lipinski definition) is 4. The fourth-order valence-corrected chi connectivity index (χ4v) is 3.43. The molecule has 1 aliphatic carbocycles. The van der Waals surface area contributed by atoms with Gasteiger partial charge in [0, 0.05) is 12.1 Å². The average Bonchev–Trinajstić information content (AvgIpc) is 2.34. The molecule has 8 heteroatoms. The van der Waals surface area contributed by atoms with Crippen molar-refractivity contribution in [2.75, 3.05) is 13.7 Å². The van der Waals surface area contributed by atoms with Crippen LogP contribution in [-0.2, 0) is 10.0 Å². The lowest BCUT2D eigenvalue weighted by Crippen LogP contribution is -2.54. The molecule has 1 aromatic carbocycles. The smallest absolute Gasteiger partial charge is 0.240 e. The van der Waals surface area contributed by atoms with Gasteiger partial charge in [-0.2, -0.15) is 0 Å². The molecule has 20 heavy (non-hydrogen) atoms. The van der Waals surface area contributed by atoms with Crippen LogP contribution in [0.15, 0.2) is 23.1 Å². The number of nitrogens with two attached hydrogens (primary N) is 1. The van der Waals surface area contributed by atoms with E-state index in [-0.39, 0.29) is 28.9 Å². The molecule has 0 atom stereocenters. The van der Waals surface area contributed by atoms with E-state index in [1.54, 1.807) is 0 Å². The van der Waals surface area contributed by atoms with Crippen molar-refractivity contribution in [2.45, 2.75) is 29.7 Å². The number of hydrogen-bond donors (Lipinski definition) is 2. The van der Waals surface area contributed by atoms with Gasteiger partial charge in [0.25, 0.3) is 0 Å². The minimum absolute atomic E-state index is 0. The van der Waals surface area contributed by atoms with Gasteiger partial charge >= 0.3 is 0 Å². The Bertz CT molecular complexity index is 574. The highest BCUT2D eigenvalue weighted by molar-refractivity contribution is 7.89. The largest absolute Gasteiger partial charge is 0.495 e. The first-order valence-corrected chi connectivity index (χ1v) is 7.84. The van der Waals surface area contributed by atoms with Crippen molar-refractivity contribution in [3.05, 3.63) is 23.2 Å². The van der Waals surface area contributed by atoms with Gasteiger partial charge in [0.05, 0.1) is 17.0 Å². The van der Waals surface area contributed by atoms with E-state index < -0.39 is 15.6 Å². The zero-order valence-corrected chi connectivity index (χ0v) is 13.4. The van der Waals surface area contributed by atoms with Gasteiger partial charge in [-0.3, -0.25) is 0 Å². The van der Waals surface area contributed by atoms with Crippen molar-refractivity contribution in [1.29, 1.82) is 0 Å². The highest BCUT2D eigenvalue weighted by Gasteiger charge is 2.33. The van der Waals surface area contributed by atoms with Crippen LogP contribution in [0.5, 0.6) is 5.75 Å². The Morgan fingerprint density at radius 3 is 2.55 bits per heavy atom. The second-order valence-electron chi connectivity index (χ2n) is 4.84. The maximum Gasteiger partial charge on any atom is 0.240 e. The van der Waals surface area contributed by atoms with Crippen LogP contribution >= 0.6 is 24.0 Å². The Labute approximate surface area is 130 Å². The number of benzene rings is 1. The van der Waals surface area contributed by atoms with E-state index in [9.17, 15) is 8.42 Å². The Balaban J connectivity index is 0.00000200. The normalized spacial score (nSPS) is 16.9. The Hall–Kier alpha value is -0.530. The van der Waals surface area contributed by atoms with Gasteiger partial charge in [-0.1, -0.05) is 11.6 Å². The highest BCUT2D eigenvalue weighted by atomic mass is 35.5. The number of halogens is 2. The molecular formula is C12H18Cl2N2O3S. The lowest BCUT2D eigenvalue weighted by Gasteiger charge is -2.38. The van der Waals surface area contributed by atoms with Crippen LogP contribution in [0.25, 0.3) is 0 Å². The van der Waals surface area contributed by atoms with E-state index in [4.69, 9.17) is 22.1 Å². The number of rotatable bonds is 5. The minimum Gasteiger partial charge on any atom is -0.495 e. The second kappa shape index (κ2) is 6.49. The molecule has 0 aliphatic heterocycles. The average molecular weight is 341 g/mol. The van der Waals surface area contributed by atoms with Crippen LogP contribution in [0.2, 0.25) is 5.02 Å². The van der Waals surface area contributed by atoms with E-state index in [0.29, 0.717) is 5.75 Å². The molecule has 0 bridgehead atoms. The van der Waals surface area contributed by atoms with Gasteiger partial charge in [-0.05, 0) is 37.5 Å². The van der Waals surface area contributed by atoms with Crippen molar-refractivity contribution in [3.63, 3.8) is 0 Å². The summed E-state index contributed by atoms with van der Waals surface area (Å²) in [6, 6.07) is 4.35. The monoisotopic (exact) mass is 340 g/mol. The molecule has 0 saturated heterocycles. The maximum atomic E-state index is 12.1. The maximum absolute atomic E-state index is 12.1. The van der Waals surface area contributed by atoms with E-state index in [0.717, 1.165) is 19.3 Å². The molecule has 0 spiro atoms. The van der Waals surface area contributed by atoms with Gasteiger partial charge in [0.1, 0.15) is 5.75 Å². The molecule has 0 amide bonds. The third-order valence-electron chi connectivity index (χ3n) is 3.40. The molecule has 0 radical (unpaired) electrons. The Morgan fingerprint density at radius 1 is 1.45 bits per heavy atom. The number of ether oxygens (including phenoxy) is 1. The van der Waals surface area contributed by atoms with E-state index in [2.05, 4.69) is 4.72 Å². The standard InChI is InChI=1S/C12H17ClN2O3S.ClH/c1-18-11-4-3-9(7-10(11)13)19(16,17)15-8-12(14)5-2-6-12;/h3-4,7,15H,2,5-6,8,14H2,1H3;1H. The van der Waals surface area contributed by atoms with E-state index in [1.807, 2.05) is 0 Å². The van der Waals surface area contributed by atoms with Crippen molar-refractivity contribution in [2.24, 2.45) is 5.73 Å². The zero-order chi connectivity index (χ0) is 14.1. The lowest BCUT2D eigenvalue weighted by molar-refractivity contribution is 0.251. The minimum atomic E-state index is -3.59. The number of methoxy groups -OCH3 is 1.